The van der Waals surface area contributed by atoms with Crippen LogP contribution in [0.3, 0.4) is 0 Å². The molecule has 5 aromatic rings. The first-order valence-corrected chi connectivity index (χ1v) is 25.1. The number of benzene rings is 5. The summed E-state index contributed by atoms with van der Waals surface area (Å²) in [4.78, 5) is 48.7. The van der Waals surface area contributed by atoms with Crippen LogP contribution in [0, 0.1) is 0 Å². The Bertz CT molecular complexity index is 2080. The van der Waals surface area contributed by atoms with E-state index in [4.69, 9.17) is 12.1 Å². The molecule has 0 bridgehead atoms. The molecule has 0 saturated carbocycles. The van der Waals surface area contributed by atoms with Gasteiger partial charge in [-0.05, 0) is 0 Å². The maximum absolute atomic E-state index is 12.2. The molecule has 0 saturated heterocycles. The molecule has 4 amide bonds. The van der Waals surface area contributed by atoms with Crippen LogP contribution in [0.15, 0.2) is 170 Å². The average molecular weight is 1020 g/mol. The molecule has 12 nitrogen and oxygen atoms in total. The van der Waals surface area contributed by atoms with Crippen LogP contribution in [0.1, 0.15) is 27.7 Å². The summed E-state index contributed by atoms with van der Waals surface area (Å²) in [6.07, 6.45) is 0. The van der Waals surface area contributed by atoms with E-state index in [0.717, 1.165) is 7.02 Å². The number of nitrogens with one attached hydrogen (secondary N) is 4. The molecule has 0 radical (unpaired) electrons. The quantitative estimate of drug-likeness (QED) is 0.0522. The molecule has 306 valence electrons. The van der Waals surface area contributed by atoms with Crippen molar-refractivity contribution in [1.29, 1.82) is 0 Å². The van der Waals surface area contributed by atoms with Gasteiger partial charge in [0.25, 0.3) is 0 Å². The Labute approximate surface area is 366 Å². The number of carbonyl (C=O) groups is 4. The molecule has 0 aliphatic carbocycles. The van der Waals surface area contributed by atoms with Gasteiger partial charge in [0.2, 0.25) is 0 Å². The molecular weight excluding hydrogens is 980 g/mol. The molecule has 0 atom stereocenters. The van der Waals surface area contributed by atoms with Crippen molar-refractivity contribution in [3.63, 3.8) is 0 Å². The fourth-order valence-electron chi connectivity index (χ4n) is 4.67. The summed E-state index contributed by atoms with van der Waals surface area (Å²) in [5.74, 6) is 1.07. The van der Waals surface area contributed by atoms with E-state index in [2.05, 4.69) is 47.6 Å². The van der Waals surface area contributed by atoms with E-state index >= 15 is 0 Å². The molecular formula is C46H44N4O8Sb2. The van der Waals surface area contributed by atoms with Gasteiger partial charge in [-0.25, -0.2) is 0 Å². The zero-order valence-corrected chi connectivity index (χ0v) is 38.6. The Morgan fingerprint density at radius 2 is 0.533 bits per heavy atom. The van der Waals surface area contributed by atoms with Crippen LogP contribution >= 0.6 is 0 Å². The number of amides is 4. The van der Waals surface area contributed by atoms with Gasteiger partial charge < -0.3 is 0 Å². The molecule has 0 aliphatic heterocycles. The van der Waals surface area contributed by atoms with E-state index in [-0.39, 0.29) is 23.6 Å². The summed E-state index contributed by atoms with van der Waals surface area (Å²) in [6, 6.07) is 35.8. The first-order chi connectivity index (χ1) is 28.6. The van der Waals surface area contributed by atoms with Crippen molar-refractivity contribution in [3.8, 4) is 23.0 Å². The van der Waals surface area contributed by atoms with Gasteiger partial charge in [-0.1, -0.05) is 0 Å². The first kappa shape index (κ1) is 44.9. The SMILES string of the molecule is C=C(C)C(=O)Nc1ccc([O][Sb]([O]c2ccc(NC(=O)C(=C)C)cc2)[c]2cc[c]([Sb]([O]c3ccc(NC(=O)C(=C)C)cc3)[O]c3ccc(NC(=O)C(=C)C)cc3)cc2)cc1. The number of hydrogen-bond acceptors (Lipinski definition) is 8. The van der Waals surface area contributed by atoms with Crippen molar-refractivity contribution in [2.75, 3.05) is 21.3 Å². The summed E-state index contributed by atoms with van der Waals surface area (Å²) < 4.78 is 28.0. The van der Waals surface area contributed by atoms with Crippen molar-refractivity contribution in [3.05, 3.63) is 170 Å². The van der Waals surface area contributed by atoms with Gasteiger partial charge in [-0.3, -0.25) is 0 Å². The molecule has 0 aliphatic rings. The molecule has 0 unspecified atom stereocenters. The number of hydrogen-bond donors (Lipinski definition) is 4. The molecule has 0 heterocycles. The van der Waals surface area contributed by atoms with E-state index in [1.54, 1.807) is 125 Å². The molecule has 0 fully saturated rings. The summed E-state index contributed by atoms with van der Waals surface area (Å²) >= 11 is -6.66. The Morgan fingerprint density at radius 3 is 0.700 bits per heavy atom. The van der Waals surface area contributed by atoms with Crippen LogP contribution in [0.2, 0.25) is 0 Å². The third-order valence-corrected chi connectivity index (χ3v) is 16.4. The second-order valence-corrected chi connectivity index (χ2v) is 21.4. The standard InChI is InChI=1S/4C10H11NO2.C6H4.2Sb/c4*1-7(2)10(13)11-8-3-5-9(12)6-4-8;1-2-4-6-5-3-1;;/h4*3-6,12H,1H2,2H3,(H,11,13);1-2,5-6H;;/q;;;;;2*+2/p-4. The van der Waals surface area contributed by atoms with Crippen molar-refractivity contribution in [2.24, 2.45) is 0 Å². The van der Waals surface area contributed by atoms with Crippen LogP contribution in [0.25, 0.3) is 0 Å². The number of rotatable bonds is 18. The van der Waals surface area contributed by atoms with Gasteiger partial charge in [-0.2, -0.15) is 0 Å². The van der Waals surface area contributed by atoms with Crippen LogP contribution in [-0.4, -0.2) is 65.7 Å². The monoisotopic (exact) mass is 1020 g/mol. The van der Waals surface area contributed by atoms with Crippen LogP contribution < -0.4 is 40.3 Å². The third kappa shape index (κ3) is 13.4. The predicted molar refractivity (Wildman–Crippen MR) is 239 cm³/mol. The van der Waals surface area contributed by atoms with E-state index in [1.807, 2.05) is 24.3 Å². The predicted octanol–water partition coefficient (Wildman–Crippen LogP) is 7.45. The zero-order valence-electron chi connectivity index (χ0n) is 33.5. The van der Waals surface area contributed by atoms with Gasteiger partial charge in [0, 0.05) is 0 Å². The van der Waals surface area contributed by atoms with Gasteiger partial charge >= 0.3 is 369 Å². The molecule has 60 heavy (non-hydrogen) atoms. The fourth-order valence-corrected chi connectivity index (χ4v) is 11.9. The summed E-state index contributed by atoms with van der Waals surface area (Å²) in [5.41, 5.74) is 3.91. The zero-order chi connectivity index (χ0) is 43.3. The van der Waals surface area contributed by atoms with Gasteiger partial charge in [0.15, 0.2) is 0 Å². The Morgan fingerprint density at radius 1 is 0.350 bits per heavy atom. The molecule has 14 heteroatoms. The third-order valence-electron chi connectivity index (χ3n) is 8.02. The first-order valence-electron chi connectivity index (χ1n) is 18.3. The van der Waals surface area contributed by atoms with Crippen LogP contribution in [0.5, 0.6) is 23.0 Å². The van der Waals surface area contributed by atoms with Gasteiger partial charge in [0.1, 0.15) is 0 Å². The molecule has 4 N–H and O–H groups in total. The minimum absolute atomic E-state index is 0.283. The summed E-state index contributed by atoms with van der Waals surface area (Å²) in [5, 5.41) is 11.2. The second-order valence-electron chi connectivity index (χ2n) is 13.4. The van der Waals surface area contributed by atoms with E-state index in [9.17, 15) is 19.2 Å². The second kappa shape index (κ2) is 21.2. The fraction of sp³-hybridized carbons (Fsp3) is 0.0870. The topological polar surface area (TPSA) is 153 Å². The summed E-state index contributed by atoms with van der Waals surface area (Å²) in [7, 11) is 0. The van der Waals surface area contributed by atoms with Crippen molar-refractivity contribution >= 4 is 95.5 Å². The van der Waals surface area contributed by atoms with E-state index < -0.39 is 42.1 Å². The average Bonchev–Trinajstić information content (AvgIpc) is 3.23. The number of carbonyl (C=O) groups excluding carboxylic acids is 4. The van der Waals surface area contributed by atoms with Crippen molar-refractivity contribution in [1.82, 2.24) is 0 Å². The maximum atomic E-state index is 12.2. The van der Waals surface area contributed by atoms with Gasteiger partial charge in [-0.15, -0.1) is 0 Å². The normalized spacial score (nSPS) is 10.5. The van der Waals surface area contributed by atoms with Crippen LogP contribution in [0.4, 0.5) is 22.7 Å². The molecule has 5 rings (SSSR count). The molecule has 0 aromatic heterocycles. The van der Waals surface area contributed by atoms with Crippen molar-refractivity contribution in [2.45, 2.75) is 27.7 Å². The molecule has 5 aromatic carbocycles. The Balaban J connectivity index is 1.42. The molecule has 0 spiro atoms. The van der Waals surface area contributed by atoms with E-state index in [1.165, 1.54) is 0 Å². The van der Waals surface area contributed by atoms with Crippen LogP contribution in [-0.2, 0) is 19.2 Å². The van der Waals surface area contributed by atoms with E-state index in [0.29, 0.717) is 68.0 Å². The summed E-state index contributed by atoms with van der Waals surface area (Å²) in [6.45, 7) is 21.3. The number of anilines is 4. The Hall–Kier alpha value is -6.22. The Kier molecular flexibility index (Phi) is 15.8. The van der Waals surface area contributed by atoms with Gasteiger partial charge in [0.05, 0.1) is 0 Å². The minimum atomic E-state index is -3.33. The van der Waals surface area contributed by atoms with Crippen molar-refractivity contribution < 1.29 is 31.2 Å².